The molecule has 0 aromatic carbocycles. The van der Waals surface area contributed by atoms with Crippen LogP contribution < -0.4 is 16.0 Å². The molecule has 3 N–H and O–H groups in total. The summed E-state index contributed by atoms with van der Waals surface area (Å²) in [6.07, 6.45) is 10.4. The van der Waals surface area contributed by atoms with Gasteiger partial charge in [-0.3, -0.25) is 14.8 Å². The zero-order valence-electron chi connectivity index (χ0n) is 19.1. The standard InChI is InChI=1S/C23H26N10O/c1-14(2)28-22-12-25-11-19(29-22)18-7-15-8-21(27-10-16(15)9-26-18)30-23(34)20-13-33(32-31-20)17-3-5-24-6-4-17/h7-14,17,24H,3-6H2,1-2H3,(H,28,29)(H,27,30,34). The molecule has 0 bridgehead atoms. The van der Waals surface area contributed by atoms with Crippen molar-refractivity contribution < 1.29 is 4.79 Å². The van der Waals surface area contributed by atoms with Crippen LogP contribution in [0, 0.1) is 0 Å². The molecule has 1 saturated heterocycles. The van der Waals surface area contributed by atoms with Crippen LogP contribution >= 0.6 is 0 Å². The SMILES string of the molecule is CC(C)Nc1cncc(-c2cc3cc(NC(=O)c4cn(C5CCNCC5)nn4)ncc3cn2)n1. The van der Waals surface area contributed by atoms with Gasteiger partial charge in [0.25, 0.3) is 5.91 Å². The molecule has 1 aliphatic rings. The zero-order chi connectivity index (χ0) is 23.5. The molecule has 1 aliphatic heterocycles. The average molecular weight is 459 g/mol. The maximum absolute atomic E-state index is 12.7. The Kier molecular flexibility index (Phi) is 6.09. The maximum Gasteiger partial charge on any atom is 0.278 e. The number of anilines is 2. The molecule has 0 saturated carbocycles. The Morgan fingerprint density at radius 1 is 1.03 bits per heavy atom. The van der Waals surface area contributed by atoms with E-state index in [0.717, 1.165) is 36.7 Å². The Morgan fingerprint density at radius 2 is 1.85 bits per heavy atom. The Bertz CT molecular complexity index is 1310. The van der Waals surface area contributed by atoms with E-state index in [1.165, 1.54) is 0 Å². The molecule has 0 spiro atoms. The highest BCUT2D eigenvalue weighted by molar-refractivity contribution is 6.03. The van der Waals surface area contributed by atoms with Crippen molar-refractivity contribution in [2.45, 2.75) is 38.8 Å². The van der Waals surface area contributed by atoms with Gasteiger partial charge in [0.2, 0.25) is 0 Å². The molecule has 5 heterocycles. The maximum atomic E-state index is 12.7. The van der Waals surface area contributed by atoms with E-state index >= 15 is 0 Å². The summed E-state index contributed by atoms with van der Waals surface area (Å²) in [6.45, 7) is 5.96. The Balaban J connectivity index is 1.34. The monoisotopic (exact) mass is 458 g/mol. The van der Waals surface area contributed by atoms with Gasteiger partial charge >= 0.3 is 0 Å². The van der Waals surface area contributed by atoms with E-state index in [0.29, 0.717) is 23.0 Å². The van der Waals surface area contributed by atoms with Crippen LogP contribution in [0.25, 0.3) is 22.2 Å². The summed E-state index contributed by atoms with van der Waals surface area (Å²) in [6, 6.07) is 4.22. The third kappa shape index (κ3) is 4.84. The molecule has 5 rings (SSSR count). The fourth-order valence-electron chi connectivity index (χ4n) is 3.91. The van der Waals surface area contributed by atoms with E-state index in [9.17, 15) is 4.79 Å². The summed E-state index contributed by atoms with van der Waals surface area (Å²) in [7, 11) is 0. The number of hydrogen-bond acceptors (Lipinski definition) is 9. The van der Waals surface area contributed by atoms with Crippen molar-refractivity contribution in [3.8, 4) is 11.4 Å². The molecule has 1 fully saturated rings. The second-order valence-corrected chi connectivity index (χ2v) is 8.59. The first-order valence-corrected chi connectivity index (χ1v) is 11.3. The van der Waals surface area contributed by atoms with Crippen LogP contribution in [0.3, 0.4) is 0 Å². The number of nitrogens with one attached hydrogen (secondary N) is 3. The molecular weight excluding hydrogens is 432 g/mol. The minimum atomic E-state index is -0.348. The van der Waals surface area contributed by atoms with Gasteiger partial charge in [-0.1, -0.05) is 5.21 Å². The Morgan fingerprint density at radius 3 is 2.68 bits per heavy atom. The highest BCUT2D eigenvalue weighted by Gasteiger charge is 2.19. The van der Waals surface area contributed by atoms with Crippen molar-refractivity contribution in [2.24, 2.45) is 0 Å². The van der Waals surface area contributed by atoms with E-state index in [2.05, 4.69) is 46.2 Å². The summed E-state index contributed by atoms with van der Waals surface area (Å²) >= 11 is 0. The third-order valence-electron chi connectivity index (χ3n) is 5.60. The Labute approximate surface area is 196 Å². The zero-order valence-corrected chi connectivity index (χ0v) is 19.1. The van der Waals surface area contributed by atoms with Gasteiger partial charge in [-0.2, -0.15) is 0 Å². The summed E-state index contributed by atoms with van der Waals surface area (Å²) < 4.78 is 1.78. The predicted molar refractivity (Wildman–Crippen MR) is 128 cm³/mol. The van der Waals surface area contributed by atoms with E-state index in [1.54, 1.807) is 41.7 Å². The van der Waals surface area contributed by atoms with Crippen molar-refractivity contribution in [3.05, 3.63) is 48.8 Å². The third-order valence-corrected chi connectivity index (χ3v) is 5.60. The largest absolute Gasteiger partial charge is 0.367 e. The topological polar surface area (TPSA) is 135 Å². The molecule has 174 valence electrons. The molecular formula is C23H26N10O. The molecule has 4 aromatic heterocycles. The molecule has 11 heteroatoms. The van der Waals surface area contributed by atoms with Crippen molar-refractivity contribution in [1.29, 1.82) is 0 Å². The van der Waals surface area contributed by atoms with Crippen LogP contribution in [0.2, 0.25) is 0 Å². The minimum Gasteiger partial charge on any atom is -0.367 e. The molecule has 0 atom stereocenters. The summed E-state index contributed by atoms with van der Waals surface area (Å²) in [4.78, 5) is 30.5. The number of rotatable bonds is 6. The summed E-state index contributed by atoms with van der Waals surface area (Å²) in [5, 5.41) is 19.3. The number of fused-ring (bicyclic) bond motifs is 1. The van der Waals surface area contributed by atoms with Gasteiger partial charge in [0, 0.05) is 23.8 Å². The highest BCUT2D eigenvalue weighted by Crippen LogP contribution is 2.23. The van der Waals surface area contributed by atoms with E-state index < -0.39 is 0 Å². The van der Waals surface area contributed by atoms with Crippen molar-refractivity contribution in [1.82, 2.24) is 40.2 Å². The predicted octanol–water partition coefficient (Wildman–Crippen LogP) is 2.68. The van der Waals surface area contributed by atoms with Gasteiger partial charge in [0.15, 0.2) is 5.69 Å². The van der Waals surface area contributed by atoms with Crippen LogP contribution in [-0.4, -0.2) is 60.0 Å². The summed E-state index contributed by atoms with van der Waals surface area (Å²) in [5.41, 5.74) is 1.60. The molecule has 4 aromatic rings. The summed E-state index contributed by atoms with van der Waals surface area (Å²) in [5.74, 6) is 0.765. The molecule has 34 heavy (non-hydrogen) atoms. The number of piperidine rings is 1. The lowest BCUT2D eigenvalue weighted by Crippen LogP contribution is -2.29. The van der Waals surface area contributed by atoms with Crippen LogP contribution in [0.15, 0.2) is 43.1 Å². The van der Waals surface area contributed by atoms with Gasteiger partial charge in [0.1, 0.15) is 17.3 Å². The number of carbonyl (C=O) groups is 1. The molecule has 0 unspecified atom stereocenters. The van der Waals surface area contributed by atoms with Gasteiger partial charge < -0.3 is 16.0 Å². The normalized spacial score (nSPS) is 14.4. The van der Waals surface area contributed by atoms with Crippen LogP contribution in [-0.2, 0) is 0 Å². The van der Waals surface area contributed by atoms with Crippen LogP contribution in [0.1, 0.15) is 43.2 Å². The lowest BCUT2D eigenvalue weighted by Gasteiger charge is -2.22. The number of pyridine rings is 2. The first kappa shape index (κ1) is 21.8. The Hall–Kier alpha value is -3.99. The van der Waals surface area contributed by atoms with Crippen LogP contribution in [0.5, 0.6) is 0 Å². The van der Waals surface area contributed by atoms with Crippen molar-refractivity contribution >= 4 is 28.3 Å². The second kappa shape index (κ2) is 9.48. The van der Waals surface area contributed by atoms with E-state index in [4.69, 9.17) is 0 Å². The number of amides is 1. The second-order valence-electron chi connectivity index (χ2n) is 8.59. The first-order chi connectivity index (χ1) is 16.5. The number of nitrogens with zero attached hydrogens (tertiary/aromatic N) is 7. The fraction of sp³-hybridized carbons (Fsp3) is 0.348. The van der Waals surface area contributed by atoms with Crippen LogP contribution in [0.4, 0.5) is 11.6 Å². The first-order valence-electron chi connectivity index (χ1n) is 11.3. The smallest absolute Gasteiger partial charge is 0.278 e. The average Bonchev–Trinajstić information content (AvgIpc) is 3.35. The molecule has 11 nitrogen and oxygen atoms in total. The molecule has 0 radical (unpaired) electrons. The van der Waals surface area contributed by atoms with Gasteiger partial charge in [-0.25, -0.2) is 14.6 Å². The minimum absolute atomic E-state index is 0.243. The van der Waals surface area contributed by atoms with Gasteiger partial charge in [-0.05, 0) is 57.3 Å². The molecule has 1 amide bonds. The highest BCUT2D eigenvalue weighted by atomic mass is 16.2. The van der Waals surface area contributed by atoms with Crippen molar-refractivity contribution in [3.63, 3.8) is 0 Å². The fourth-order valence-corrected chi connectivity index (χ4v) is 3.91. The number of carbonyl (C=O) groups excluding carboxylic acids is 1. The van der Waals surface area contributed by atoms with E-state index in [1.807, 2.05) is 19.9 Å². The van der Waals surface area contributed by atoms with Gasteiger partial charge in [0.05, 0.1) is 30.3 Å². The van der Waals surface area contributed by atoms with Crippen molar-refractivity contribution in [2.75, 3.05) is 23.7 Å². The quantitative estimate of drug-likeness (QED) is 0.398. The molecule has 0 aliphatic carbocycles. The van der Waals surface area contributed by atoms with E-state index in [-0.39, 0.29) is 23.7 Å². The lowest BCUT2D eigenvalue weighted by atomic mass is 10.1. The van der Waals surface area contributed by atoms with Gasteiger partial charge in [-0.15, -0.1) is 5.10 Å². The number of hydrogen-bond donors (Lipinski definition) is 3. The number of aromatic nitrogens is 7. The lowest BCUT2D eigenvalue weighted by molar-refractivity contribution is 0.102.